The molecule has 0 bridgehead atoms. The number of esters is 1. The van der Waals surface area contributed by atoms with Crippen molar-refractivity contribution < 1.29 is 32.6 Å². The number of methoxy groups -OCH3 is 1. The van der Waals surface area contributed by atoms with E-state index in [2.05, 4.69) is 9.84 Å². The van der Waals surface area contributed by atoms with Crippen molar-refractivity contribution in [3.63, 3.8) is 0 Å². The van der Waals surface area contributed by atoms with Crippen LogP contribution >= 0.6 is 23.2 Å². The molecule has 0 saturated heterocycles. The average Bonchev–Trinajstić information content (AvgIpc) is 2.83. The van der Waals surface area contributed by atoms with Gasteiger partial charge in [-0.25, -0.2) is 14.3 Å². The van der Waals surface area contributed by atoms with Gasteiger partial charge in [-0.05, 0) is 19.1 Å². The number of alkyl halides is 3. The van der Waals surface area contributed by atoms with E-state index in [0.717, 1.165) is 11.8 Å². The van der Waals surface area contributed by atoms with Gasteiger partial charge in [-0.3, -0.25) is 0 Å². The van der Waals surface area contributed by atoms with Crippen LogP contribution in [0.3, 0.4) is 0 Å². The fourth-order valence-corrected chi connectivity index (χ4v) is 2.79. The van der Waals surface area contributed by atoms with Crippen LogP contribution in [0.5, 0.6) is 0 Å². The van der Waals surface area contributed by atoms with E-state index in [0.29, 0.717) is 12.1 Å². The van der Waals surface area contributed by atoms with E-state index in [-0.39, 0.29) is 16.9 Å². The minimum Gasteiger partial charge on any atom is -0.476 e. The first-order chi connectivity index (χ1) is 11.5. The van der Waals surface area contributed by atoms with E-state index < -0.39 is 39.4 Å². The zero-order chi connectivity index (χ0) is 19.1. The largest absolute Gasteiger partial charge is 0.476 e. The summed E-state index contributed by atoms with van der Waals surface area (Å²) < 4.78 is 43.8. The van der Waals surface area contributed by atoms with Crippen molar-refractivity contribution in [1.82, 2.24) is 9.78 Å². The van der Waals surface area contributed by atoms with Crippen LogP contribution in [0, 0.1) is 6.92 Å². The van der Waals surface area contributed by atoms with Crippen LogP contribution in [0.15, 0.2) is 12.1 Å². The molecule has 6 nitrogen and oxygen atoms in total. The van der Waals surface area contributed by atoms with Crippen molar-refractivity contribution in [2.24, 2.45) is 0 Å². The van der Waals surface area contributed by atoms with E-state index in [9.17, 15) is 27.9 Å². The Labute approximate surface area is 148 Å². The Morgan fingerprint density at radius 1 is 1.24 bits per heavy atom. The first kappa shape index (κ1) is 19.1. The minimum atomic E-state index is -4.67. The lowest BCUT2D eigenvalue weighted by molar-refractivity contribution is -0.137. The maximum absolute atomic E-state index is 12.8. The van der Waals surface area contributed by atoms with Gasteiger partial charge >= 0.3 is 18.1 Å². The molecule has 0 atom stereocenters. The molecule has 0 aliphatic heterocycles. The number of aromatic nitrogens is 2. The van der Waals surface area contributed by atoms with Crippen LogP contribution in [-0.4, -0.2) is 33.9 Å². The molecule has 0 aliphatic carbocycles. The lowest BCUT2D eigenvalue weighted by Crippen LogP contribution is -2.09. The summed E-state index contributed by atoms with van der Waals surface area (Å²) in [6.45, 7) is 1.33. The van der Waals surface area contributed by atoms with Crippen molar-refractivity contribution in [2.45, 2.75) is 13.1 Å². The molecule has 2 rings (SSSR count). The Morgan fingerprint density at radius 3 is 2.16 bits per heavy atom. The fourth-order valence-electron chi connectivity index (χ4n) is 2.15. The van der Waals surface area contributed by atoms with Crippen LogP contribution in [0.4, 0.5) is 13.2 Å². The lowest BCUT2D eigenvalue weighted by Gasteiger charge is -2.13. The highest BCUT2D eigenvalue weighted by Gasteiger charge is 2.33. The highest BCUT2D eigenvalue weighted by Crippen LogP contribution is 2.38. The maximum Gasteiger partial charge on any atom is 0.416 e. The van der Waals surface area contributed by atoms with Crippen molar-refractivity contribution >= 4 is 35.1 Å². The molecular formula is C14H9Cl2F3N2O4. The Balaban J connectivity index is 2.76. The third kappa shape index (κ3) is 3.42. The zero-order valence-corrected chi connectivity index (χ0v) is 14.1. The normalized spacial score (nSPS) is 11.5. The summed E-state index contributed by atoms with van der Waals surface area (Å²) in [5.41, 5.74) is -2.28. The third-order valence-corrected chi connectivity index (χ3v) is 3.84. The minimum absolute atomic E-state index is 0.00666. The van der Waals surface area contributed by atoms with Gasteiger partial charge in [0.15, 0.2) is 5.69 Å². The first-order valence-electron chi connectivity index (χ1n) is 6.46. The number of hydrogen-bond acceptors (Lipinski definition) is 4. The van der Waals surface area contributed by atoms with E-state index in [4.69, 9.17) is 23.2 Å². The number of ether oxygens (including phenoxy) is 1. The Kier molecular flexibility index (Phi) is 5.01. The molecule has 0 unspecified atom stereocenters. The fraction of sp³-hybridized carbons (Fsp3) is 0.214. The van der Waals surface area contributed by atoms with Gasteiger partial charge in [0.1, 0.15) is 11.3 Å². The number of carbonyl (C=O) groups excluding carboxylic acids is 1. The summed E-state index contributed by atoms with van der Waals surface area (Å²) in [6.07, 6.45) is -4.67. The van der Waals surface area contributed by atoms with Gasteiger partial charge in [0, 0.05) is 0 Å². The summed E-state index contributed by atoms with van der Waals surface area (Å²) in [5, 5.41) is 12.1. The van der Waals surface area contributed by atoms with Gasteiger partial charge in [0.05, 0.1) is 28.4 Å². The smallest absolute Gasteiger partial charge is 0.416 e. The van der Waals surface area contributed by atoms with Crippen molar-refractivity contribution in [2.75, 3.05) is 7.11 Å². The van der Waals surface area contributed by atoms with Crippen LogP contribution < -0.4 is 0 Å². The quantitative estimate of drug-likeness (QED) is 0.793. The predicted octanol–water partition coefficient (Wildman–Crippen LogP) is 3.99. The third-order valence-electron chi connectivity index (χ3n) is 3.26. The first-order valence-corrected chi connectivity index (χ1v) is 7.22. The van der Waals surface area contributed by atoms with Crippen molar-refractivity contribution in [3.8, 4) is 5.69 Å². The summed E-state index contributed by atoms with van der Waals surface area (Å²) in [4.78, 5) is 23.1. The van der Waals surface area contributed by atoms with E-state index in [1.807, 2.05) is 0 Å². The molecule has 134 valence electrons. The molecule has 1 heterocycles. The van der Waals surface area contributed by atoms with Gasteiger partial charge in [-0.15, -0.1) is 0 Å². The molecule has 2 aromatic rings. The number of rotatable bonds is 3. The molecule has 0 aliphatic rings. The number of hydrogen-bond donors (Lipinski definition) is 1. The molecule has 0 fully saturated rings. The molecule has 0 radical (unpaired) electrons. The average molecular weight is 397 g/mol. The number of carboxylic acids is 1. The van der Waals surface area contributed by atoms with E-state index in [1.54, 1.807) is 0 Å². The molecule has 1 N–H and O–H groups in total. The SMILES string of the molecule is COC(=O)c1c(C(=O)O)nn(-c2c(Cl)cc(C(F)(F)F)cc2Cl)c1C. The van der Waals surface area contributed by atoms with Gasteiger partial charge in [0.2, 0.25) is 0 Å². The van der Waals surface area contributed by atoms with Crippen LogP contribution in [0.25, 0.3) is 5.69 Å². The molecular weight excluding hydrogens is 388 g/mol. The van der Waals surface area contributed by atoms with Crippen molar-refractivity contribution in [3.05, 3.63) is 44.7 Å². The van der Waals surface area contributed by atoms with Crippen LogP contribution in [0.2, 0.25) is 10.0 Å². The Hall–Kier alpha value is -2.26. The van der Waals surface area contributed by atoms with Gasteiger partial charge < -0.3 is 9.84 Å². The molecule has 1 aromatic heterocycles. The molecule has 25 heavy (non-hydrogen) atoms. The Morgan fingerprint density at radius 2 is 1.76 bits per heavy atom. The number of carbonyl (C=O) groups is 2. The number of benzene rings is 1. The summed E-state index contributed by atoms with van der Waals surface area (Å²) in [7, 11) is 1.04. The second-order valence-electron chi connectivity index (χ2n) is 4.80. The second kappa shape index (κ2) is 6.57. The molecule has 0 amide bonds. The van der Waals surface area contributed by atoms with Gasteiger partial charge in [-0.2, -0.15) is 18.3 Å². The van der Waals surface area contributed by atoms with E-state index in [1.165, 1.54) is 6.92 Å². The maximum atomic E-state index is 12.8. The topological polar surface area (TPSA) is 81.4 Å². The monoisotopic (exact) mass is 396 g/mol. The van der Waals surface area contributed by atoms with Gasteiger partial charge in [0.25, 0.3) is 0 Å². The summed E-state index contributed by atoms with van der Waals surface area (Å²) >= 11 is 11.8. The number of nitrogens with zero attached hydrogens (tertiary/aromatic N) is 2. The summed E-state index contributed by atoms with van der Waals surface area (Å²) in [5.74, 6) is -2.50. The summed E-state index contributed by atoms with van der Waals surface area (Å²) in [6, 6.07) is 1.25. The number of halogens is 5. The highest BCUT2D eigenvalue weighted by atomic mass is 35.5. The molecule has 1 aromatic carbocycles. The van der Waals surface area contributed by atoms with Crippen molar-refractivity contribution in [1.29, 1.82) is 0 Å². The second-order valence-corrected chi connectivity index (χ2v) is 5.62. The zero-order valence-electron chi connectivity index (χ0n) is 12.6. The lowest BCUT2D eigenvalue weighted by atomic mass is 10.1. The van der Waals surface area contributed by atoms with E-state index >= 15 is 0 Å². The predicted molar refractivity (Wildman–Crippen MR) is 81.6 cm³/mol. The standard InChI is InChI=1S/C14H9Cl2F3N2O4/c1-5-9(13(24)25-2)10(12(22)23)20-21(5)11-7(15)3-6(4-8(11)16)14(17,18)19/h3-4H,1-2H3,(H,22,23). The molecule has 0 spiro atoms. The Bertz CT molecular complexity index is 855. The van der Waals surface area contributed by atoms with Crippen LogP contribution in [0.1, 0.15) is 32.1 Å². The molecule has 0 saturated carbocycles. The highest BCUT2D eigenvalue weighted by molar-refractivity contribution is 6.37. The van der Waals surface area contributed by atoms with Gasteiger partial charge in [-0.1, -0.05) is 23.2 Å². The molecule has 11 heteroatoms. The van der Waals surface area contributed by atoms with Crippen LogP contribution in [-0.2, 0) is 10.9 Å². The number of aromatic carboxylic acids is 1. The number of carboxylic acid groups (broad SMARTS) is 1.